The first-order valence-electron chi connectivity index (χ1n) is 14.4. The van der Waals surface area contributed by atoms with Gasteiger partial charge in [0, 0.05) is 18.6 Å². The second-order valence-corrected chi connectivity index (χ2v) is 15.7. The molecule has 0 atom stereocenters. The van der Waals surface area contributed by atoms with Crippen LogP contribution in [0, 0.1) is 0 Å². The molecule has 0 aliphatic carbocycles. The minimum atomic E-state index is -2.73. The lowest BCUT2D eigenvalue weighted by Gasteiger charge is -2.43. The van der Waals surface area contributed by atoms with Crippen LogP contribution in [-0.4, -0.2) is 49.1 Å². The summed E-state index contributed by atoms with van der Waals surface area (Å²) in [6.07, 6.45) is 0.719. The third kappa shape index (κ3) is 6.79. The number of hydrogen-bond acceptors (Lipinski definition) is 6. The monoisotopic (exact) mass is 598 g/mol. The first-order valence-corrected chi connectivity index (χ1v) is 16.3. The number of rotatable bonds is 13. The SMILES string of the molecule is COc1ccc(CC(=O)c2cc(OC)c(OC)cc2CCO[Si](c2ccccc2)(c2ccccc2)C(C)(C)C)cc1OC. The van der Waals surface area contributed by atoms with E-state index in [2.05, 4.69) is 69.3 Å². The lowest BCUT2D eigenvalue weighted by Crippen LogP contribution is -2.66. The summed E-state index contributed by atoms with van der Waals surface area (Å²) in [4.78, 5) is 13.8. The van der Waals surface area contributed by atoms with Crippen LogP contribution in [0.1, 0.15) is 42.3 Å². The third-order valence-electron chi connectivity index (χ3n) is 7.83. The number of benzene rings is 4. The van der Waals surface area contributed by atoms with Gasteiger partial charge in [-0.15, -0.1) is 0 Å². The molecule has 0 aliphatic heterocycles. The molecular weight excluding hydrogens is 556 g/mol. The molecule has 43 heavy (non-hydrogen) atoms. The summed E-state index contributed by atoms with van der Waals surface area (Å²) in [7, 11) is 3.62. The predicted octanol–water partition coefficient (Wildman–Crippen LogP) is 6.27. The van der Waals surface area contributed by atoms with E-state index in [-0.39, 0.29) is 17.2 Å². The molecule has 7 heteroatoms. The summed E-state index contributed by atoms with van der Waals surface area (Å²) < 4.78 is 29.2. The number of hydrogen-bond donors (Lipinski definition) is 0. The number of methoxy groups -OCH3 is 4. The zero-order chi connectivity index (χ0) is 31.0. The van der Waals surface area contributed by atoms with Crippen LogP contribution in [0.4, 0.5) is 0 Å². The molecule has 226 valence electrons. The number of carbonyl (C=O) groups is 1. The van der Waals surface area contributed by atoms with E-state index < -0.39 is 8.32 Å². The Balaban J connectivity index is 1.70. The average molecular weight is 599 g/mol. The number of ether oxygens (including phenoxy) is 4. The van der Waals surface area contributed by atoms with E-state index in [4.69, 9.17) is 23.4 Å². The van der Waals surface area contributed by atoms with Crippen LogP contribution in [0.2, 0.25) is 5.04 Å². The normalized spacial score (nSPS) is 11.6. The maximum absolute atomic E-state index is 13.8. The van der Waals surface area contributed by atoms with Gasteiger partial charge in [0.1, 0.15) is 0 Å². The zero-order valence-electron chi connectivity index (χ0n) is 26.2. The van der Waals surface area contributed by atoms with Crippen LogP contribution in [0.15, 0.2) is 91.0 Å². The van der Waals surface area contributed by atoms with Crippen molar-refractivity contribution in [3.63, 3.8) is 0 Å². The van der Waals surface area contributed by atoms with Crippen LogP contribution in [0.5, 0.6) is 23.0 Å². The largest absolute Gasteiger partial charge is 0.493 e. The highest BCUT2D eigenvalue weighted by Gasteiger charge is 2.50. The van der Waals surface area contributed by atoms with Crippen molar-refractivity contribution in [2.24, 2.45) is 0 Å². The molecule has 0 saturated heterocycles. The fraction of sp³-hybridized carbons (Fsp3) is 0.306. The van der Waals surface area contributed by atoms with E-state index >= 15 is 0 Å². The Morgan fingerprint density at radius 1 is 0.651 bits per heavy atom. The number of Topliss-reactive ketones (excluding diaryl/α,β-unsaturated/α-hetero) is 1. The van der Waals surface area contributed by atoms with Gasteiger partial charge in [0.15, 0.2) is 28.8 Å². The molecule has 0 spiro atoms. The molecule has 0 fully saturated rings. The predicted molar refractivity (Wildman–Crippen MR) is 174 cm³/mol. The Morgan fingerprint density at radius 2 is 1.16 bits per heavy atom. The summed E-state index contributed by atoms with van der Waals surface area (Å²) in [5.41, 5.74) is 2.26. The average Bonchev–Trinajstić information content (AvgIpc) is 3.02. The van der Waals surface area contributed by atoms with Crippen molar-refractivity contribution in [2.75, 3.05) is 35.0 Å². The van der Waals surface area contributed by atoms with Gasteiger partial charge < -0.3 is 23.4 Å². The quantitative estimate of drug-likeness (QED) is 0.134. The van der Waals surface area contributed by atoms with E-state index in [9.17, 15) is 4.79 Å². The van der Waals surface area contributed by atoms with Crippen molar-refractivity contribution < 1.29 is 28.2 Å². The first-order chi connectivity index (χ1) is 20.7. The van der Waals surface area contributed by atoms with Gasteiger partial charge >= 0.3 is 0 Å². The highest BCUT2D eigenvalue weighted by atomic mass is 28.4. The molecule has 0 radical (unpaired) electrons. The molecule has 6 nitrogen and oxygen atoms in total. The molecule has 0 aliphatic rings. The number of ketones is 1. The van der Waals surface area contributed by atoms with Crippen molar-refractivity contribution in [1.82, 2.24) is 0 Å². The Kier molecular flexibility index (Phi) is 10.3. The van der Waals surface area contributed by atoms with Crippen molar-refractivity contribution in [3.8, 4) is 23.0 Å². The van der Waals surface area contributed by atoms with Crippen LogP contribution in [-0.2, 0) is 17.3 Å². The second-order valence-electron chi connectivity index (χ2n) is 11.4. The van der Waals surface area contributed by atoms with Crippen molar-refractivity contribution >= 4 is 24.5 Å². The lowest BCUT2D eigenvalue weighted by atomic mass is 9.96. The van der Waals surface area contributed by atoms with Gasteiger partial charge in [-0.2, -0.15) is 0 Å². The summed E-state index contributed by atoms with van der Waals surface area (Å²) in [6, 6.07) is 30.3. The smallest absolute Gasteiger partial charge is 0.261 e. The summed E-state index contributed by atoms with van der Waals surface area (Å²) >= 11 is 0. The Bertz CT molecular complexity index is 1470. The van der Waals surface area contributed by atoms with Gasteiger partial charge in [-0.05, 0) is 57.2 Å². The van der Waals surface area contributed by atoms with Crippen molar-refractivity contribution in [2.45, 2.75) is 38.7 Å². The maximum Gasteiger partial charge on any atom is 0.261 e. The van der Waals surface area contributed by atoms with Gasteiger partial charge in [-0.1, -0.05) is 87.5 Å². The van der Waals surface area contributed by atoms with Crippen LogP contribution >= 0.6 is 0 Å². The molecule has 0 unspecified atom stereocenters. The Morgan fingerprint density at radius 3 is 1.67 bits per heavy atom. The molecule has 4 aromatic rings. The molecule has 0 heterocycles. The van der Waals surface area contributed by atoms with Gasteiger partial charge in [0.2, 0.25) is 0 Å². The van der Waals surface area contributed by atoms with Gasteiger partial charge in [-0.25, -0.2) is 0 Å². The van der Waals surface area contributed by atoms with E-state index in [1.54, 1.807) is 34.5 Å². The molecule has 0 bridgehead atoms. The van der Waals surface area contributed by atoms with Gasteiger partial charge in [0.05, 0.1) is 28.4 Å². The third-order valence-corrected chi connectivity index (χ3v) is 12.9. The van der Waals surface area contributed by atoms with E-state index in [1.807, 2.05) is 36.4 Å². The highest BCUT2D eigenvalue weighted by molar-refractivity contribution is 6.99. The molecule has 0 aromatic heterocycles. The molecule has 0 amide bonds. The molecule has 4 rings (SSSR count). The second kappa shape index (κ2) is 13.9. The van der Waals surface area contributed by atoms with Crippen molar-refractivity contribution in [1.29, 1.82) is 0 Å². The molecule has 4 aromatic carbocycles. The molecular formula is C36H42O6Si. The first kappa shape index (κ1) is 31.9. The maximum atomic E-state index is 13.8. The fourth-order valence-electron chi connectivity index (χ4n) is 5.73. The van der Waals surface area contributed by atoms with E-state index in [0.29, 0.717) is 41.6 Å². The van der Waals surface area contributed by atoms with E-state index in [1.165, 1.54) is 10.4 Å². The Labute approximate surface area is 256 Å². The lowest BCUT2D eigenvalue weighted by molar-refractivity contribution is 0.0991. The highest BCUT2D eigenvalue weighted by Crippen LogP contribution is 2.37. The summed E-state index contributed by atoms with van der Waals surface area (Å²) in [6.45, 7) is 7.20. The minimum absolute atomic E-state index is 0.0337. The molecule has 0 saturated carbocycles. The zero-order valence-corrected chi connectivity index (χ0v) is 27.2. The standard InChI is InChI=1S/C36H42O6Si/c1-36(2,3)43(28-14-10-8-11-15-28,29-16-12-9-13-17-29)42-21-20-27-24-34(40-6)35(41-7)25-30(27)31(37)22-26-18-19-32(38-4)33(23-26)39-5/h8-19,23-25H,20-22H2,1-7H3. The number of carbonyl (C=O) groups excluding carboxylic acids is 1. The topological polar surface area (TPSA) is 63.2 Å². The van der Waals surface area contributed by atoms with E-state index in [0.717, 1.165) is 11.1 Å². The van der Waals surface area contributed by atoms with Crippen LogP contribution in [0.3, 0.4) is 0 Å². The van der Waals surface area contributed by atoms with Crippen LogP contribution < -0.4 is 29.3 Å². The summed E-state index contributed by atoms with van der Waals surface area (Å²) in [5, 5.41) is 2.27. The van der Waals surface area contributed by atoms with Gasteiger partial charge in [-0.3, -0.25) is 4.79 Å². The molecule has 0 N–H and O–H groups in total. The fourth-order valence-corrected chi connectivity index (χ4v) is 10.3. The van der Waals surface area contributed by atoms with Crippen molar-refractivity contribution in [3.05, 3.63) is 108 Å². The Hall–Kier alpha value is -4.07. The van der Waals surface area contributed by atoms with Gasteiger partial charge in [0.25, 0.3) is 8.32 Å². The van der Waals surface area contributed by atoms with Crippen LogP contribution in [0.25, 0.3) is 0 Å². The summed E-state index contributed by atoms with van der Waals surface area (Å²) in [5.74, 6) is 2.25. The minimum Gasteiger partial charge on any atom is -0.493 e.